The summed E-state index contributed by atoms with van der Waals surface area (Å²) >= 11 is 12.2. The number of rotatable bonds is 7. The van der Waals surface area contributed by atoms with Gasteiger partial charge in [-0.2, -0.15) is 0 Å². The molecule has 1 aliphatic rings. The van der Waals surface area contributed by atoms with Crippen LogP contribution in [0.4, 0.5) is 4.79 Å². The number of urea groups is 1. The molecule has 0 saturated carbocycles. The van der Waals surface area contributed by atoms with Crippen LogP contribution >= 0.6 is 23.2 Å². The van der Waals surface area contributed by atoms with Crippen molar-refractivity contribution in [1.82, 2.24) is 10.6 Å². The number of hydrogen-bond acceptors (Lipinski definition) is 3. The zero-order valence-electron chi connectivity index (χ0n) is 14.3. The van der Waals surface area contributed by atoms with Crippen LogP contribution in [-0.4, -0.2) is 18.6 Å². The van der Waals surface area contributed by atoms with Gasteiger partial charge < -0.3 is 15.4 Å². The van der Waals surface area contributed by atoms with Crippen LogP contribution < -0.4 is 10.6 Å². The van der Waals surface area contributed by atoms with Crippen LogP contribution in [0.5, 0.6) is 0 Å². The van der Waals surface area contributed by atoms with Gasteiger partial charge in [-0.25, -0.2) is 9.59 Å². The van der Waals surface area contributed by atoms with Crippen LogP contribution in [0.25, 0.3) is 0 Å². The molecule has 0 aromatic heterocycles. The van der Waals surface area contributed by atoms with Gasteiger partial charge in [0, 0.05) is 15.7 Å². The summed E-state index contributed by atoms with van der Waals surface area (Å²) in [5, 5.41) is 6.20. The molecular weight excluding hydrogens is 363 g/mol. The molecule has 2 N–H and O–H groups in total. The first-order valence-corrected chi connectivity index (χ1v) is 9.10. The summed E-state index contributed by atoms with van der Waals surface area (Å²) in [6.45, 7) is 4.14. The third kappa shape index (κ3) is 5.13. The minimum absolute atomic E-state index is 0.347. The Balaban J connectivity index is 2.20. The molecule has 0 fully saturated rings. The van der Waals surface area contributed by atoms with E-state index in [2.05, 4.69) is 17.6 Å². The number of carbonyl (C=O) groups is 2. The van der Waals surface area contributed by atoms with Crippen molar-refractivity contribution in [3.63, 3.8) is 0 Å². The molecule has 1 aromatic rings. The van der Waals surface area contributed by atoms with E-state index in [-0.39, 0.29) is 0 Å². The molecule has 2 amide bonds. The molecule has 1 atom stereocenters. The van der Waals surface area contributed by atoms with E-state index in [4.69, 9.17) is 27.9 Å². The Morgan fingerprint density at radius 1 is 1.24 bits per heavy atom. The van der Waals surface area contributed by atoms with Gasteiger partial charge >= 0.3 is 12.0 Å². The van der Waals surface area contributed by atoms with Gasteiger partial charge in [0.1, 0.15) is 0 Å². The number of carbonyl (C=O) groups excluding carboxylic acids is 2. The lowest BCUT2D eigenvalue weighted by Gasteiger charge is -2.28. The number of unbranched alkanes of at least 4 members (excludes halogenated alkanes) is 3. The molecule has 1 aromatic carbocycles. The standard InChI is InChI=1S/C18H22Cl2N2O3/c1-3-4-5-6-9-25-17(23)15-11(2)21-18(24)22-16(15)13-8-7-12(19)10-14(13)20/h7-8,10,16H,3-6,9H2,1-2H3,(H2,21,22,24)/t16-/m1/s1. The third-order valence-electron chi connectivity index (χ3n) is 3.99. The second-order valence-corrected chi connectivity index (χ2v) is 6.78. The smallest absolute Gasteiger partial charge is 0.338 e. The molecular formula is C18H22Cl2N2O3. The summed E-state index contributed by atoms with van der Waals surface area (Å²) in [6.07, 6.45) is 4.06. The zero-order valence-corrected chi connectivity index (χ0v) is 15.8. The summed E-state index contributed by atoms with van der Waals surface area (Å²) in [5.74, 6) is -0.461. The van der Waals surface area contributed by atoms with Crippen LogP contribution in [0.15, 0.2) is 29.5 Å². The third-order valence-corrected chi connectivity index (χ3v) is 4.56. The van der Waals surface area contributed by atoms with E-state index in [1.807, 2.05) is 0 Å². The zero-order chi connectivity index (χ0) is 18.4. The van der Waals surface area contributed by atoms with Gasteiger partial charge in [0.05, 0.1) is 18.2 Å². The molecule has 5 nitrogen and oxygen atoms in total. The van der Waals surface area contributed by atoms with Gasteiger partial charge in [0.25, 0.3) is 0 Å². The minimum atomic E-state index is -0.679. The maximum Gasteiger partial charge on any atom is 0.338 e. The molecule has 1 aliphatic heterocycles. The molecule has 25 heavy (non-hydrogen) atoms. The van der Waals surface area contributed by atoms with E-state index in [0.29, 0.717) is 33.5 Å². The topological polar surface area (TPSA) is 67.4 Å². The van der Waals surface area contributed by atoms with Gasteiger partial charge in [0.15, 0.2) is 0 Å². The highest BCUT2D eigenvalue weighted by molar-refractivity contribution is 6.35. The summed E-state index contributed by atoms with van der Waals surface area (Å²) in [6, 6.07) is 3.87. The maximum atomic E-state index is 12.6. The fourth-order valence-corrected chi connectivity index (χ4v) is 3.22. The van der Waals surface area contributed by atoms with Gasteiger partial charge in [0.2, 0.25) is 0 Å². The average Bonchev–Trinajstić information content (AvgIpc) is 2.53. The van der Waals surface area contributed by atoms with Crippen LogP contribution in [0.3, 0.4) is 0 Å². The molecule has 0 unspecified atom stereocenters. The molecule has 0 spiro atoms. The maximum absolute atomic E-state index is 12.6. The number of ether oxygens (including phenoxy) is 1. The SMILES string of the molecule is CCCCCCOC(=O)C1=C(C)NC(=O)N[C@@H]1c1ccc(Cl)cc1Cl. The fraction of sp³-hybridized carbons (Fsp3) is 0.444. The van der Waals surface area contributed by atoms with E-state index in [9.17, 15) is 9.59 Å². The van der Waals surface area contributed by atoms with Gasteiger partial charge in [-0.1, -0.05) is 55.5 Å². The first kappa shape index (κ1) is 19.6. The second-order valence-electron chi connectivity index (χ2n) is 5.93. The Morgan fingerprint density at radius 2 is 2.00 bits per heavy atom. The molecule has 7 heteroatoms. The van der Waals surface area contributed by atoms with Gasteiger partial charge in [-0.3, -0.25) is 0 Å². The molecule has 1 heterocycles. The van der Waals surface area contributed by atoms with Crippen LogP contribution in [0, 0.1) is 0 Å². The lowest BCUT2D eigenvalue weighted by atomic mass is 9.95. The lowest BCUT2D eigenvalue weighted by molar-refractivity contribution is -0.139. The molecule has 0 saturated heterocycles. The van der Waals surface area contributed by atoms with Gasteiger partial charge in [-0.05, 0) is 31.0 Å². The number of hydrogen-bond donors (Lipinski definition) is 2. The Hall–Kier alpha value is -1.72. The summed E-state index contributed by atoms with van der Waals surface area (Å²) in [4.78, 5) is 24.4. The van der Waals surface area contributed by atoms with Crippen molar-refractivity contribution in [2.75, 3.05) is 6.61 Å². The number of halogens is 2. The fourth-order valence-electron chi connectivity index (χ4n) is 2.70. The largest absolute Gasteiger partial charge is 0.462 e. The Kier molecular flexibility index (Phi) is 7.14. The predicted octanol–water partition coefficient (Wildman–Crippen LogP) is 4.74. The lowest BCUT2D eigenvalue weighted by Crippen LogP contribution is -2.45. The highest BCUT2D eigenvalue weighted by Crippen LogP contribution is 2.33. The average molecular weight is 385 g/mol. The number of amides is 2. The normalized spacial score (nSPS) is 17.1. The Bertz CT molecular complexity index is 689. The molecule has 0 aliphatic carbocycles. The van der Waals surface area contributed by atoms with E-state index in [0.717, 1.165) is 25.7 Å². The van der Waals surface area contributed by atoms with E-state index in [1.54, 1.807) is 25.1 Å². The van der Waals surface area contributed by atoms with Crippen molar-refractivity contribution in [3.05, 3.63) is 45.1 Å². The molecule has 2 rings (SSSR count). The first-order valence-electron chi connectivity index (χ1n) is 8.34. The summed E-state index contributed by atoms with van der Waals surface area (Å²) in [7, 11) is 0. The summed E-state index contributed by atoms with van der Waals surface area (Å²) < 4.78 is 5.39. The molecule has 0 bridgehead atoms. The predicted molar refractivity (Wildman–Crippen MR) is 98.7 cm³/mol. The van der Waals surface area contributed by atoms with Crippen molar-refractivity contribution in [3.8, 4) is 0 Å². The van der Waals surface area contributed by atoms with E-state index in [1.165, 1.54) is 0 Å². The van der Waals surface area contributed by atoms with Crippen molar-refractivity contribution >= 4 is 35.2 Å². The van der Waals surface area contributed by atoms with Crippen molar-refractivity contribution in [1.29, 1.82) is 0 Å². The van der Waals surface area contributed by atoms with Crippen LogP contribution in [-0.2, 0) is 9.53 Å². The quantitative estimate of drug-likeness (QED) is 0.526. The van der Waals surface area contributed by atoms with Crippen LogP contribution in [0.1, 0.15) is 51.1 Å². The minimum Gasteiger partial charge on any atom is -0.462 e. The van der Waals surface area contributed by atoms with Crippen molar-refractivity contribution < 1.29 is 14.3 Å². The number of nitrogens with one attached hydrogen (secondary N) is 2. The van der Waals surface area contributed by atoms with Crippen molar-refractivity contribution in [2.24, 2.45) is 0 Å². The van der Waals surface area contributed by atoms with Crippen molar-refractivity contribution in [2.45, 2.75) is 45.6 Å². The Labute approximate surface area is 157 Å². The number of allylic oxidation sites excluding steroid dienone is 1. The number of benzene rings is 1. The highest BCUT2D eigenvalue weighted by Gasteiger charge is 2.33. The second kappa shape index (κ2) is 9.11. The Morgan fingerprint density at radius 3 is 2.68 bits per heavy atom. The summed E-state index contributed by atoms with van der Waals surface area (Å²) in [5.41, 5.74) is 1.40. The van der Waals surface area contributed by atoms with E-state index >= 15 is 0 Å². The first-order chi connectivity index (χ1) is 11.9. The molecule has 136 valence electrons. The van der Waals surface area contributed by atoms with E-state index < -0.39 is 18.0 Å². The van der Waals surface area contributed by atoms with Crippen LogP contribution in [0.2, 0.25) is 10.0 Å². The van der Waals surface area contributed by atoms with Gasteiger partial charge in [-0.15, -0.1) is 0 Å². The number of esters is 1. The highest BCUT2D eigenvalue weighted by atomic mass is 35.5. The monoisotopic (exact) mass is 384 g/mol. The molecule has 0 radical (unpaired) electrons.